The van der Waals surface area contributed by atoms with E-state index in [2.05, 4.69) is 9.69 Å². The van der Waals surface area contributed by atoms with Crippen molar-refractivity contribution in [3.8, 4) is 0 Å². The first-order chi connectivity index (χ1) is 5.34. The van der Waals surface area contributed by atoms with Crippen LogP contribution in [0.4, 0.5) is 4.70 Å². The average Bonchev–Trinajstić information content (AvgIpc) is 2.07. The van der Waals surface area contributed by atoms with Crippen molar-refractivity contribution in [2.45, 2.75) is 0 Å². The zero-order valence-electron chi connectivity index (χ0n) is 6.64. The minimum absolute atomic E-state index is 0. The van der Waals surface area contributed by atoms with E-state index in [1.54, 1.807) is 12.1 Å². The Morgan fingerprint density at radius 2 is 1.83 bits per heavy atom. The smallest absolute Gasteiger partial charge is 0.422 e. The number of hydrogen-bond donors (Lipinski definition) is 1. The summed E-state index contributed by atoms with van der Waals surface area (Å²) < 4.78 is 0. The summed E-state index contributed by atoms with van der Waals surface area (Å²) in [7, 11) is 0.354. The van der Waals surface area contributed by atoms with Gasteiger partial charge in [0.25, 0.3) is 0 Å². The summed E-state index contributed by atoms with van der Waals surface area (Å²) in [5.41, 5.74) is 0.675. The van der Waals surface area contributed by atoms with Gasteiger partial charge in [-0.1, -0.05) is 30.3 Å². The third-order valence-corrected chi connectivity index (χ3v) is 1.27. The predicted molar refractivity (Wildman–Crippen MR) is 44.6 cm³/mol. The van der Waals surface area contributed by atoms with Crippen LogP contribution in [0.3, 0.4) is 0 Å². The summed E-state index contributed by atoms with van der Waals surface area (Å²) in [6.07, 6.45) is 0. The van der Waals surface area contributed by atoms with Crippen LogP contribution in [0.5, 0.6) is 0 Å². The monoisotopic (exact) mass is 172 g/mol. The molecule has 1 N–H and O–H groups in total. The first-order valence-electron chi connectivity index (χ1n) is 3.27. The lowest BCUT2D eigenvalue weighted by molar-refractivity contribution is -0.193. The molecule has 0 saturated carbocycles. The molecule has 0 spiro atoms. The van der Waals surface area contributed by atoms with Crippen molar-refractivity contribution >= 4 is 12.6 Å². The van der Waals surface area contributed by atoms with E-state index < -0.39 is 7.12 Å². The van der Waals surface area contributed by atoms with Gasteiger partial charge in [0.2, 0.25) is 0 Å². The predicted octanol–water partition coefficient (Wildman–Crippen LogP) is 0.105. The molecular formula is C7H10BFO3. The maximum Gasteiger partial charge on any atom is 0.522 e. The summed E-state index contributed by atoms with van der Waals surface area (Å²) in [4.78, 5) is 8.79. The molecule has 0 heterocycles. The molecule has 0 aliphatic rings. The molecule has 0 unspecified atom stereocenters. The van der Waals surface area contributed by atoms with Crippen molar-refractivity contribution in [2.75, 3.05) is 7.11 Å². The minimum atomic E-state index is -0.999. The van der Waals surface area contributed by atoms with Crippen molar-refractivity contribution in [1.82, 2.24) is 0 Å². The third kappa shape index (κ3) is 3.00. The second-order valence-corrected chi connectivity index (χ2v) is 2.03. The van der Waals surface area contributed by atoms with Crippen LogP contribution in [0.1, 0.15) is 0 Å². The van der Waals surface area contributed by atoms with Gasteiger partial charge in [-0.15, -0.1) is 0 Å². The molecule has 0 aromatic heterocycles. The maximum atomic E-state index is 9.17. The van der Waals surface area contributed by atoms with E-state index in [0.29, 0.717) is 5.46 Å². The van der Waals surface area contributed by atoms with Crippen molar-refractivity contribution in [1.29, 1.82) is 0 Å². The SMILES string of the molecule is COOB(O)c1ccccc1.F. The number of benzene rings is 1. The molecule has 0 amide bonds. The summed E-state index contributed by atoms with van der Waals surface area (Å²) in [5, 5.41) is 9.17. The fourth-order valence-electron chi connectivity index (χ4n) is 0.764. The number of hydrogen-bond acceptors (Lipinski definition) is 3. The molecule has 0 aliphatic carbocycles. The largest absolute Gasteiger partial charge is 0.522 e. The van der Waals surface area contributed by atoms with Crippen LogP contribution >= 0.6 is 0 Å². The van der Waals surface area contributed by atoms with E-state index in [4.69, 9.17) is 0 Å². The Bertz CT molecular complexity index is 207. The van der Waals surface area contributed by atoms with Crippen LogP contribution in [0.15, 0.2) is 30.3 Å². The van der Waals surface area contributed by atoms with Gasteiger partial charge in [0.1, 0.15) is 0 Å². The molecule has 1 rings (SSSR count). The van der Waals surface area contributed by atoms with Crippen LogP contribution < -0.4 is 5.46 Å². The second-order valence-electron chi connectivity index (χ2n) is 2.03. The van der Waals surface area contributed by atoms with Gasteiger partial charge in [-0.2, -0.15) is 0 Å². The van der Waals surface area contributed by atoms with Gasteiger partial charge in [0.15, 0.2) is 0 Å². The first-order valence-corrected chi connectivity index (χ1v) is 3.27. The quantitative estimate of drug-likeness (QED) is 0.399. The summed E-state index contributed by atoms with van der Waals surface area (Å²) in [6.45, 7) is 0. The average molecular weight is 172 g/mol. The zero-order valence-corrected chi connectivity index (χ0v) is 6.64. The lowest BCUT2D eigenvalue weighted by atomic mass is 9.80. The highest BCUT2D eigenvalue weighted by Gasteiger charge is 2.15. The van der Waals surface area contributed by atoms with Crippen molar-refractivity contribution in [2.24, 2.45) is 0 Å². The molecule has 0 atom stereocenters. The van der Waals surface area contributed by atoms with E-state index in [-0.39, 0.29) is 4.70 Å². The molecule has 0 saturated heterocycles. The van der Waals surface area contributed by atoms with Crippen LogP contribution in [0.2, 0.25) is 0 Å². The van der Waals surface area contributed by atoms with Crippen LogP contribution in [-0.2, 0) is 9.69 Å². The molecule has 66 valence electrons. The van der Waals surface area contributed by atoms with Crippen LogP contribution in [0, 0.1) is 0 Å². The third-order valence-electron chi connectivity index (χ3n) is 1.27. The minimum Gasteiger partial charge on any atom is -0.422 e. The van der Waals surface area contributed by atoms with Gasteiger partial charge in [-0.3, -0.25) is 14.4 Å². The summed E-state index contributed by atoms with van der Waals surface area (Å²) in [6, 6.07) is 9.01. The molecule has 0 aliphatic heterocycles. The van der Waals surface area contributed by atoms with E-state index in [9.17, 15) is 5.02 Å². The van der Waals surface area contributed by atoms with Crippen LogP contribution in [0.25, 0.3) is 0 Å². The normalized spacial score (nSPS) is 8.83. The Kier molecular flexibility index (Phi) is 5.28. The molecule has 0 fully saturated rings. The number of halogens is 1. The van der Waals surface area contributed by atoms with Crippen molar-refractivity contribution in [3.63, 3.8) is 0 Å². The Balaban J connectivity index is 0.00000121. The Hall–Kier alpha value is -0.905. The Labute approximate surface area is 70.4 Å². The van der Waals surface area contributed by atoms with E-state index >= 15 is 0 Å². The van der Waals surface area contributed by atoms with Gasteiger partial charge in [0, 0.05) is 0 Å². The fraction of sp³-hybridized carbons (Fsp3) is 0.143. The van der Waals surface area contributed by atoms with Gasteiger partial charge < -0.3 is 5.02 Å². The highest BCUT2D eigenvalue weighted by Crippen LogP contribution is 1.87. The van der Waals surface area contributed by atoms with Gasteiger partial charge in [-0.25, -0.2) is 0 Å². The summed E-state index contributed by atoms with van der Waals surface area (Å²) in [5.74, 6) is 0. The van der Waals surface area contributed by atoms with E-state index in [1.165, 1.54) is 7.11 Å². The van der Waals surface area contributed by atoms with Gasteiger partial charge in [-0.05, 0) is 5.46 Å². The van der Waals surface area contributed by atoms with E-state index in [1.807, 2.05) is 18.2 Å². The molecule has 0 radical (unpaired) electrons. The van der Waals surface area contributed by atoms with E-state index in [0.717, 1.165) is 0 Å². The molecule has 5 heteroatoms. The van der Waals surface area contributed by atoms with Gasteiger partial charge in [0.05, 0.1) is 7.11 Å². The molecule has 1 aromatic rings. The lowest BCUT2D eigenvalue weighted by Crippen LogP contribution is -2.32. The van der Waals surface area contributed by atoms with Crippen molar-refractivity contribution in [3.05, 3.63) is 30.3 Å². The standard InChI is InChI=1S/C7H9BO3.FH/c1-10-11-8(9)7-5-3-2-4-6-7;/h2-6,9H,1H3;1H. The highest BCUT2D eigenvalue weighted by molar-refractivity contribution is 6.59. The number of rotatable bonds is 3. The van der Waals surface area contributed by atoms with Crippen LogP contribution in [-0.4, -0.2) is 19.3 Å². The second kappa shape index (κ2) is 5.71. The lowest BCUT2D eigenvalue weighted by Gasteiger charge is -2.02. The van der Waals surface area contributed by atoms with Crippen molar-refractivity contribution < 1.29 is 19.4 Å². The van der Waals surface area contributed by atoms with Gasteiger partial charge >= 0.3 is 7.12 Å². The Morgan fingerprint density at radius 1 is 1.25 bits per heavy atom. The molecule has 12 heavy (non-hydrogen) atoms. The maximum absolute atomic E-state index is 9.17. The molecule has 1 aromatic carbocycles. The molecular weight excluding hydrogens is 162 g/mol. The highest BCUT2D eigenvalue weighted by atomic mass is 19.0. The topological polar surface area (TPSA) is 38.7 Å². The molecule has 3 nitrogen and oxygen atoms in total. The fourth-order valence-corrected chi connectivity index (χ4v) is 0.764. The zero-order chi connectivity index (χ0) is 8.10. The molecule has 0 bridgehead atoms. The first kappa shape index (κ1) is 11.1. The summed E-state index contributed by atoms with van der Waals surface area (Å²) >= 11 is 0. The Morgan fingerprint density at radius 3 is 2.33 bits per heavy atom.